The summed E-state index contributed by atoms with van der Waals surface area (Å²) in [5.41, 5.74) is 1.93. The van der Waals surface area contributed by atoms with Crippen LogP contribution in [0.2, 0.25) is 0 Å². The summed E-state index contributed by atoms with van der Waals surface area (Å²) in [6, 6.07) is 5.85. The molecule has 3 aliphatic rings. The van der Waals surface area contributed by atoms with Gasteiger partial charge in [0.15, 0.2) is 0 Å². The first-order valence-electron chi connectivity index (χ1n) is 10.2. The maximum atomic E-state index is 12.9. The Morgan fingerprint density at radius 1 is 1.37 bits per heavy atom. The number of carbonyl (C=O) groups is 2. The summed E-state index contributed by atoms with van der Waals surface area (Å²) in [6.45, 7) is 6.14. The highest BCUT2D eigenvalue weighted by Gasteiger charge is 2.61. The van der Waals surface area contributed by atoms with E-state index < -0.39 is 5.97 Å². The van der Waals surface area contributed by atoms with Crippen LogP contribution >= 0.6 is 0 Å². The molecular weight excluding hydrogens is 387 g/mol. The third kappa shape index (κ3) is 4.38. The van der Waals surface area contributed by atoms with E-state index in [1.165, 1.54) is 18.2 Å². The zero-order chi connectivity index (χ0) is 21.3. The van der Waals surface area contributed by atoms with Gasteiger partial charge in [-0.3, -0.25) is 0 Å². The van der Waals surface area contributed by atoms with Crippen molar-refractivity contribution in [2.75, 3.05) is 6.61 Å². The molecule has 0 unspecified atom stereocenters. The van der Waals surface area contributed by atoms with Crippen molar-refractivity contribution < 1.29 is 28.2 Å². The summed E-state index contributed by atoms with van der Waals surface area (Å²) in [5.74, 6) is -1.21. The molecule has 1 aromatic carbocycles. The van der Waals surface area contributed by atoms with Crippen molar-refractivity contribution in [2.24, 2.45) is 5.92 Å². The van der Waals surface area contributed by atoms with Crippen LogP contribution in [0.5, 0.6) is 0 Å². The lowest BCUT2D eigenvalue weighted by Crippen LogP contribution is -2.29. The van der Waals surface area contributed by atoms with Crippen LogP contribution in [0, 0.1) is 11.7 Å². The number of carbonyl (C=O) groups excluding carboxylic acids is 2. The zero-order valence-corrected chi connectivity index (χ0v) is 16.9. The lowest BCUT2D eigenvalue weighted by atomic mass is 9.84. The summed E-state index contributed by atoms with van der Waals surface area (Å²) in [7, 11) is 0. The second-order valence-corrected chi connectivity index (χ2v) is 8.29. The SMILES string of the molecule is C=C1C(=O)O[C@H]2[C@H]1CC/C(COC(=O)/C=C/c1ccc(F)cc1)=C\CC[C@@]1(C)O[C@@H]21. The molecule has 0 radical (unpaired) electrons. The Labute approximate surface area is 175 Å². The highest BCUT2D eigenvalue weighted by molar-refractivity contribution is 5.91. The average molecular weight is 412 g/mol. The first kappa shape index (κ1) is 20.5. The molecule has 0 saturated carbocycles. The maximum absolute atomic E-state index is 12.9. The average Bonchev–Trinajstić information content (AvgIpc) is 3.31. The normalized spacial score (nSPS) is 32.6. The Hall–Kier alpha value is -2.73. The number of benzene rings is 1. The van der Waals surface area contributed by atoms with Gasteiger partial charge in [0.25, 0.3) is 0 Å². The van der Waals surface area contributed by atoms with Crippen LogP contribution in [0.3, 0.4) is 0 Å². The third-order valence-corrected chi connectivity index (χ3v) is 6.12. The number of hydrogen-bond donors (Lipinski definition) is 0. The molecule has 4 rings (SSSR count). The lowest BCUT2D eigenvalue weighted by Gasteiger charge is -2.20. The van der Waals surface area contributed by atoms with Crippen LogP contribution in [-0.2, 0) is 23.8 Å². The summed E-state index contributed by atoms with van der Waals surface area (Å²) in [6.07, 6.45) is 7.66. The minimum absolute atomic E-state index is 0.0740. The van der Waals surface area contributed by atoms with E-state index >= 15 is 0 Å². The van der Waals surface area contributed by atoms with Crippen molar-refractivity contribution in [3.05, 3.63) is 65.5 Å². The van der Waals surface area contributed by atoms with Crippen LogP contribution in [0.25, 0.3) is 6.08 Å². The van der Waals surface area contributed by atoms with Gasteiger partial charge in [-0.25, -0.2) is 14.0 Å². The maximum Gasteiger partial charge on any atom is 0.334 e. The quantitative estimate of drug-likeness (QED) is 0.322. The molecule has 0 aromatic heterocycles. The van der Waals surface area contributed by atoms with Crippen molar-refractivity contribution in [2.45, 2.75) is 50.4 Å². The number of esters is 2. The Morgan fingerprint density at radius 2 is 2.13 bits per heavy atom. The Kier molecular flexibility index (Phi) is 5.60. The predicted molar refractivity (Wildman–Crippen MR) is 109 cm³/mol. The van der Waals surface area contributed by atoms with E-state index in [0.717, 1.165) is 18.4 Å². The van der Waals surface area contributed by atoms with Crippen LogP contribution in [0.15, 0.2) is 54.1 Å². The minimum atomic E-state index is -0.462. The largest absolute Gasteiger partial charge is 0.458 e. The van der Waals surface area contributed by atoms with Gasteiger partial charge in [-0.1, -0.05) is 24.8 Å². The number of rotatable bonds is 4. The van der Waals surface area contributed by atoms with Crippen LogP contribution < -0.4 is 0 Å². The molecule has 0 bridgehead atoms. The van der Waals surface area contributed by atoms with E-state index in [9.17, 15) is 14.0 Å². The van der Waals surface area contributed by atoms with E-state index in [1.54, 1.807) is 18.2 Å². The summed E-state index contributed by atoms with van der Waals surface area (Å²) < 4.78 is 29.8. The van der Waals surface area contributed by atoms with Crippen molar-refractivity contribution in [1.29, 1.82) is 0 Å². The molecule has 0 spiro atoms. The highest BCUT2D eigenvalue weighted by atomic mass is 19.1. The molecule has 0 N–H and O–H groups in total. The molecule has 2 heterocycles. The lowest BCUT2D eigenvalue weighted by molar-refractivity contribution is -0.140. The molecular formula is C24H25FO5. The van der Waals surface area contributed by atoms with Crippen LogP contribution in [0.4, 0.5) is 4.39 Å². The Morgan fingerprint density at radius 3 is 2.90 bits per heavy atom. The zero-order valence-electron chi connectivity index (χ0n) is 16.9. The fourth-order valence-corrected chi connectivity index (χ4v) is 4.20. The molecule has 158 valence electrons. The molecule has 2 aliphatic heterocycles. The predicted octanol–water partition coefficient (Wildman–Crippen LogP) is 4.14. The number of hydrogen-bond acceptors (Lipinski definition) is 5. The van der Waals surface area contributed by atoms with Crippen molar-refractivity contribution >= 4 is 18.0 Å². The first-order valence-corrected chi connectivity index (χ1v) is 10.2. The number of halogens is 1. The fourth-order valence-electron chi connectivity index (χ4n) is 4.20. The monoisotopic (exact) mass is 412 g/mol. The number of ether oxygens (including phenoxy) is 3. The minimum Gasteiger partial charge on any atom is -0.458 e. The number of epoxide rings is 1. The van der Waals surface area contributed by atoms with Crippen molar-refractivity contribution in [1.82, 2.24) is 0 Å². The van der Waals surface area contributed by atoms with Gasteiger partial charge < -0.3 is 14.2 Å². The molecule has 6 heteroatoms. The summed E-state index contributed by atoms with van der Waals surface area (Å²) in [4.78, 5) is 24.1. The second kappa shape index (κ2) is 8.19. The first-order chi connectivity index (χ1) is 14.4. The highest BCUT2D eigenvalue weighted by Crippen LogP contribution is 2.49. The molecule has 5 nitrogen and oxygen atoms in total. The van der Waals surface area contributed by atoms with E-state index in [-0.39, 0.29) is 42.1 Å². The Balaban J connectivity index is 1.37. The molecule has 4 atom stereocenters. The van der Waals surface area contributed by atoms with Gasteiger partial charge in [-0.2, -0.15) is 0 Å². The molecule has 1 aromatic rings. The van der Waals surface area contributed by atoms with Gasteiger partial charge in [-0.15, -0.1) is 0 Å². The van der Waals surface area contributed by atoms with Gasteiger partial charge in [0.05, 0.1) is 5.60 Å². The van der Waals surface area contributed by atoms with E-state index in [0.29, 0.717) is 24.0 Å². The standard InChI is InChI=1S/C24H25FO5/c1-15-19-11-7-17(4-3-13-24(2)22(30-24)21(19)29-23(15)27)14-28-20(26)12-8-16-5-9-18(25)10-6-16/h4-6,8-10,12,19,21-22H,1,3,7,11,13-14H2,2H3/b12-8+,17-4+/t19-,21-,22-,24+/m0/s1. The molecule has 0 amide bonds. The van der Waals surface area contributed by atoms with Crippen molar-refractivity contribution in [3.8, 4) is 0 Å². The van der Waals surface area contributed by atoms with Crippen LogP contribution in [-0.4, -0.2) is 36.4 Å². The van der Waals surface area contributed by atoms with E-state index in [2.05, 4.69) is 12.7 Å². The smallest absolute Gasteiger partial charge is 0.334 e. The fraction of sp³-hybridized carbons (Fsp3) is 0.417. The number of fused-ring (bicyclic) bond motifs is 3. The molecule has 30 heavy (non-hydrogen) atoms. The van der Waals surface area contributed by atoms with Gasteiger partial charge in [-0.05, 0) is 62.0 Å². The molecule has 2 fully saturated rings. The topological polar surface area (TPSA) is 65.1 Å². The second-order valence-electron chi connectivity index (χ2n) is 8.29. The summed E-state index contributed by atoms with van der Waals surface area (Å²) in [5, 5.41) is 0. The van der Waals surface area contributed by atoms with Gasteiger partial charge in [0.2, 0.25) is 0 Å². The molecule has 2 saturated heterocycles. The van der Waals surface area contributed by atoms with Gasteiger partial charge in [0, 0.05) is 17.6 Å². The van der Waals surface area contributed by atoms with E-state index in [1.807, 2.05) is 6.92 Å². The van der Waals surface area contributed by atoms with E-state index in [4.69, 9.17) is 14.2 Å². The Bertz CT molecular complexity index is 916. The summed E-state index contributed by atoms with van der Waals surface area (Å²) >= 11 is 0. The van der Waals surface area contributed by atoms with Crippen LogP contribution in [0.1, 0.15) is 38.2 Å². The van der Waals surface area contributed by atoms with Gasteiger partial charge in [0.1, 0.15) is 24.6 Å². The van der Waals surface area contributed by atoms with Gasteiger partial charge >= 0.3 is 11.9 Å². The third-order valence-electron chi connectivity index (χ3n) is 6.12. The number of allylic oxidation sites excluding steroid dienone is 1. The molecule has 1 aliphatic carbocycles. The van der Waals surface area contributed by atoms with Crippen molar-refractivity contribution in [3.63, 3.8) is 0 Å².